The third-order valence-corrected chi connectivity index (χ3v) is 14.0. The minimum atomic E-state index is -0.860. The largest absolute Gasteiger partial charge is 0.394 e. The molecule has 4 heteroatoms. The summed E-state index contributed by atoms with van der Waals surface area (Å²) >= 11 is 0. The van der Waals surface area contributed by atoms with Crippen LogP contribution in [0.4, 0.5) is 0 Å². The summed E-state index contributed by atoms with van der Waals surface area (Å²) in [6.45, 7) is 4.20. The van der Waals surface area contributed by atoms with Gasteiger partial charge in [0.15, 0.2) is 0 Å². The quantitative estimate of drug-likeness (QED) is 0.0420. The zero-order valence-corrected chi connectivity index (χ0v) is 48.4. The third-order valence-electron chi connectivity index (χ3n) is 14.0. The van der Waals surface area contributed by atoms with Crippen LogP contribution in [0, 0.1) is 0 Å². The van der Waals surface area contributed by atoms with E-state index >= 15 is 0 Å². The standard InChI is InChI=1S/C69H121NO3/c1-3-5-7-9-11-13-15-17-19-21-23-25-27-29-31-33-34-35-37-38-40-42-44-46-48-50-52-54-56-58-60-62-64-68(72)67(66-71)70-69(73)65-63-61-59-57-55-53-51-49-47-45-43-41-39-36-32-30-28-26-24-22-20-18-16-14-12-10-8-6-4-2/h6,8,12,14,18,20,24,26,30,32,39,41,45,47,51,53,62,64,67-68,71-72H,3-5,7,9-11,13,15-17,19,21-23,25,27-29,31,33-38,40,42-44,46,48-50,52,54-61,63,65-66H2,1-2H3,(H,70,73)/b8-6-,14-12-,20-18-,26-24-,32-30-,41-39-,47-45-,53-51-,64-62+. The summed E-state index contributed by atoms with van der Waals surface area (Å²) in [5, 5.41) is 23.2. The first-order valence-electron chi connectivity index (χ1n) is 31.6. The van der Waals surface area contributed by atoms with Crippen molar-refractivity contribution in [3.8, 4) is 0 Å². The predicted octanol–water partition coefficient (Wildman–Crippen LogP) is 21.4. The molecule has 0 saturated heterocycles. The molecule has 0 spiro atoms. The highest BCUT2D eigenvalue weighted by Gasteiger charge is 2.18. The van der Waals surface area contributed by atoms with E-state index in [9.17, 15) is 15.0 Å². The van der Waals surface area contributed by atoms with Gasteiger partial charge in [0, 0.05) is 6.42 Å². The number of aliphatic hydroxyl groups excluding tert-OH is 2. The number of aliphatic hydroxyl groups is 2. The van der Waals surface area contributed by atoms with Crippen molar-refractivity contribution < 1.29 is 15.0 Å². The first kappa shape index (κ1) is 70.1. The molecule has 0 aromatic heterocycles. The molecule has 0 aromatic rings. The van der Waals surface area contributed by atoms with Gasteiger partial charge in [-0.1, -0.05) is 322 Å². The van der Waals surface area contributed by atoms with Crippen molar-refractivity contribution in [2.45, 2.75) is 315 Å². The molecule has 73 heavy (non-hydrogen) atoms. The number of amides is 1. The van der Waals surface area contributed by atoms with E-state index in [0.717, 1.165) is 96.3 Å². The van der Waals surface area contributed by atoms with E-state index in [0.29, 0.717) is 6.42 Å². The Kier molecular flexibility index (Phi) is 60.8. The topological polar surface area (TPSA) is 69.6 Å². The summed E-state index contributed by atoms with van der Waals surface area (Å²) in [6, 6.07) is -0.646. The van der Waals surface area contributed by atoms with Crippen molar-refractivity contribution >= 4 is 5.91 Å². The molecular formula is C69H121NO3. The molecule has 0 radical (unpaired) electrons. The van der Waals surface area contributed by atoms with Crippen molar-refractivity contribution in [3.63, 3.8) is 0 Å². The van der Waals surface area contributed by atoms with Gasteiger partial charge in [0.1, 0.15) is 0 Å². The number of hydrogen-bond donors (Lipinski definition) is 3. The summed E-state index contributed by atoms with van der Waals surface area (Å²) in [4.78, 5) is 12.5. The first-order valence-corrected chi connectivity index (χ1v) is 31.6. The molecule has 0 aliphatic carbocycles. The minimum Gasteiger partial charge on any atom is -0.394 e. The van der Waals surface area contributed by atoms with Gasteiger partial charge >= 0.3 is 0 Å². The van der Waals surface area contributed by atoms with Gasteiger partial charge in [-0.15, -0.1) is 0 Å². The number of carbonyl (C=O) groups excluding carboxylic acids is 1. The van der Waals surface area contributed by atoms with Gasteiger partial charge in [-0.3, -0.25) is 4.79 Å². The number of unbranched alkanes of at least 4 members (excludes halogenated alkanes) is 34. The SMILES string of the molecule is CC/C=C\C/C=C\C/C=C\C/C=C\C/C=C\C/C=C\C/C=C\C/C=C\CCCCCCC(=O)NC(CO)C(O)/C=C/CCCCCCCCCCCCCCCCCCCCCCCCCCCCCCCC. The fourth-order valence-electron chi connectivity index (χ4n) is 9.26. The van der Waals surface area contributed by atoms with Crippen LogP contribution in [0.15, 0.2) is 109 Å². The van der Waals surface area contributed by atoms with Crippen LogP contribution in [0.5, 0.6) is 0 Å². The molecule has 0 heterocycles. The summed E-state index contributed by atoms with van der Waals surface area (Å²) in [6.07, 6.45) is 95.6. The number of carbonyl (C=O) groups is 1. The minimum absolute atomic E-state index is 0.0896. The Hall–Kier alpha value is -2.95. The van der Waals surface area contributed by atoms with Crippen molar-refractivity contribution in [2.75, 3.05) is 6.61 Å². The predicted molar refractivity (Wildman–Crippen MR) is 326 cm³/mol. The molecule has 0 aromatic carbocycles. The second-order valence-corrected chi connectivity index (χ2v) is 21.1. The molecule has 2 atom stereocenters. The van der Waals surface area contributed by atoms with Crippen LogP contribution in [-0.2, 0) is 4.79 Å². The Morgan fingerprint density at radius 1 is 0.342 bits per heavy atom. The van der Waals surface area contributed by atoms with Gasteiger partial charge in [-0.05, 0) is 83.5 Å². The second-order valence-electron chi connectivity index (χ2n) is 21.1. The summed E-state index contributed by atoms with van der Waals surface area (Å²) in [5.74, 6) is -0.0896. The molecular weight excluding hydrogens is 891 g/mol. The van der Waals surface area contributed by atoms with Crippen molar-refractivity contribution in [1.29, 1.82) is 0 Å². The number of allylic oxidation sites excluding steroid dienone is 17. The molecule has 0 rings (SSSR count). The Bertz CT molecular complexity index is 1380. The molecule has 0 aliphatic heterocycles. The normalized spacial score (nSPS) is 13.5. The van der Waals surface area contributed by atoms with Crippen LogP contribution in [0.1, 0.15) is 303 Å². The maximum atomic E-state index is 12.5. The Labute approximate surface area is 455 Å². The average molecular weight is 1010 g/mol. The molecule has 420 valence electrons. The van der Waals surface area contributed by atoms with E-state index in [-0.39, 0.29) is 12.5 Å². The van der Waals surface area contributed by atoms with Crippen LogP contribution >= 0.6 is 0 Å². The van der Waals surface area contributed by atoms with E-state index in [1.54, 1.807) is 6.08 Å². The molecule has 3 N–H and O–H groups in total. The van der Waals surface area contributed by atoms with Gasteiger partial charge in [0.25, 0.3) is 0 Å². The lowest BCUT2D eigenvalue weighted by atomic mass is 10.0. The third kappa shape index (κ3) is 59.8. The maximum Gasteiger partial charge on any atom is 0.220 e. The highest BCUT2D eigenvalue weighted by atomic mass is 16.3. The fraction of sp³-hybridized carbons (Fsp3) is 0.725. The van der Waals surface area contributed by atoms with E-state index in [1.165, 1.54) is 186 Å². The van der Waals surface area contributed by atoms with Gasteiger partial charge in [0.2, 0.25) is 5.91 Å². The lowest BCUT2D eigenvalue weighted by Gasteiger charge is -2.20. The lowest BCUT2D eigenvalue weighted by Crippen LogP contribution is -2.45. The first-order chi connectivity index (χ1) is 36.2. The Morgan fingerprint density at radius 3 is 0.904 bits per heavy atom. The summed E-state index contributed by atoms with van der Waals surface area (Å²) in [7, 11) is 0. The van der Waals surface area contributed by atoms with Crippen LogP contribution in [0.25, 0.3) is 0 Å². The molecule has 2 unspecified atom stereocenters. The van der Waals surface area contributed by atoms with Crippen molar-refractivity contribution in [1.82, 2.24) is 5.32 Å². The van der Waals surface area contributed by atoms with E-state index in [4.69, 9.17) is 0 Å². The van der Waals surface area contributed by atoms with Crippen LogP contribution in [-0.4, -0.2) is 34.9 Å². The number of nitrogens with one attached hydrogen (secondary N) is 1. The number of hydrogen-bond acceptors (Lipinski definition) is 3. The monoisotopic (exact) mass is 1010 g/mol. The molecule has 0 bridgehead atoms. The van der Waals surface area contributed by atoms with Gasteiger partial charge in [0.05, 0.1) is 18.8 Å². The average Bonchev–Trinajstić information content (AvgIpc) is 3.40. The van der Waals surface area contributed by atoms with E-state index in [1.807, 2.05) is 6.08 Å². The van der Waals surface area contributed by atoms with Crippen LogP contribution in [0.3, 0.4) is 0 Å². The van der Waals surface area contributed by atoms with Crippen molar-refractivity contribution in [3.05, 3.63) is 109 Å². The van der Waals surface area contributed by atoms with Crippen molar-refractivity contribution in [2.24, 2.45) is 0 Å². The molecule has 0 saturated carbocycles. The van der Waals surface area contributed by atoms with Gasteiger partial charge < -0.3 is 15.5 Å². The summed E-state index contributed by atoms with van der Waals surface area (Å²) < 4.78 is 0. The van der Waals surface area contributed by atoms with E-state index in [2.05, 4.69) is 116 Å². The number of rotatable bonds is 57. The molecule has 0 aliphatic rings. The molecule has 1 amide bonds. The zero-order valence-electron chi connectivity index (χ0n) is 48.4. The highest BCUT2D eigenvalue weighted by molar-refractivity contribution is 5.76. The van der Waals surface area contributed by atoms with E-state index < -0.39 is 12.1 Å². The second kappa shape index (κ2) is 63.3. The maximum absolute atomic E-state index is 12.5. The summed E-state index contributed by atoms with van der Waals surface area (Å²) in [5.41, 5.74) is 0. The fourth-order valence-corrected chi connectivity index (χ4v) is 9.26. The van der Waals surface area contributed by atoms with Crippen LogP contribution < -0.4 is 5.32 Å². The smallest absolute Gasteiger partial charge is 0.220 e. The zero-order chi connectivity index (χ0) is 52.7. The molecule has 0 fully saturated rings. The van der Waals surface area contributed by atoms with Gasteiger partial charge in [-0.2, -0.15) is 0 Å². The Balaban J connectivity index is 3.57. The Morgan fingerprint density at radius 2 is 0.603 bits per heavy atom. The van der Waals surface area contributed by atoms with Gasteiger partial charge in [-0.25, -0.2) is 0 Å². The lowest BCUT2D eigenvalue weighted by molar-refractivity contribution is -0.123. The molecule has 4 nitrogen and oxygen atoms in total. The van der Waals surface area contributed by atoms with Crippen LogP contribution in [0.2, 0.25) is 0 Å². The highest BCUT2D eigenvalue weighted by Crippen LogP contribution is 2.17.